The van der Waals surface area contributed by atoms with E-state index in [2.05, 4.69) is 4.74 Å². The highest BCUT2D eigenvalue weighted by Crippen LogP contribution is 2.13. The van der Waals surface area contributed by atoms with Crippen molar-refractivity contribution in [2.24, 2.45) is 0 Å². The minimum absolute atomic E-state index is 0.360. The number of ether oxygens (including phenoxy) is 3. The van der Waals surface area contributed by atoms with Crippen LogP contribution in [0.15, 0.2) is 12.3 Å². The molecule has 0 amide bonds. The van der Waals surface area contributed by atoms with Crippen LogP contribution in [0.25, 0.3) is 0 Å². The van der Waals surface area contributed by atoms with Gasteiger partial charge in [-0.1, -0.05) is 6.92 Å². The number of carbonyl (C=O) groups excluding carboxylic acids is 1. The number of rotatable bonds is 4. The molecule has 68 valence electrons. The highest BCUT2D eigenvalue weighted by molar-refractivity contribution is 5.74. The molecule has 1 aliphatic rings. The van der Waals surface area contributed by atoms with Gasteiger partial charge in [0.2, 0.25) is 6.29 Å². The molecule has 1 rings (SSSR count). The molecule has 1 aliphatic heterocycles. The Labute approximate surface area is 71.1 Å². The van der Waals surface area contributed by atoms with Gasteiger partial charge in [-0.3, -0.25) is 0 Å². The van der Waals surface area contributed by atoms with Crippen molar-refractivity contribution in [3.8, 4) is 0 Å². The fourth-order valence-corrected chi connectivity index (χ4v) is 0.832. The van der Waals surface area contributed by atoms with Crippen molar-refractivity contribution in [3.05, 3.63) is 12.3 Å². The Hall–Kier alpha value is -1.03. The summed E-state index contributed by atoms with van der Waals surface area (Å²) in [6.07, 6.45) is 2.93. The molecule has 1 heterocycles. The molecule has 0 aromatic rings. The molecule has 0 fully saturated rings. The Morgan fingerprint density at radius 2 is 2.42 bits per heavy atom. The van der Waals surface area contributed by atoms with Gasteiger partial charge in [-0.25, -0.2) is 4.79 Å². The van der Waals surface area contributed by atoms with Crippen LogP contribution in [0, 0.1) is 0 Å². The summed E-state index contributed by atoms with van der Waals surface area (Å²) in [6.45, 7) is 1.85. The number of carbonyl (C=O) groups is 1. The predicted molar refractivity (Wildman–Crippen MR) is 41.2 cm³/mol. The van der Waals surface area contributed by atoms with Crippen LogP contribution in [-0.4, -0.2) is 25.5 Å². The largest absolute Gasteiger partial charge is 0.469 e. The van der Waals surface area contributed by atoms with Gasteiger partial charge >= 0.3 is 5.97 Å². The van der Waals surface area contributed by atoms with Gasteiger partial charge in [-0.05, 0) is 6.42 Å². The summed E-state index contributed by atoms with van der Waals surface area (Å²) in [5.74, 6) is -0.360. The smallest absolute Gasteiger partial charge is 0.335 e. The Balaban J connectivity index is 2.34. The van der Waals surface area contributed by atoms with Crippen LogP contribution in [0.4, 0.5) is 0 Å². The summed E-state index contributed by atoms with van der Waals surface area (Å²) in [5, 5.41) is 0. The van der Waals surface area contributed by atoms with Crippen molar-refractivity contribution in [2.45, 2.75) is 25.7 Å². The standard InChI is InChI=1S/C8H12O4/c1-3-6(8(9)10-2)12-7-4-5-11-7/h4-7H,3H2,1-2H3. The number of hydrogen-bond acceptors (Lipinski definition) is 4. The van der Waals surface area contributed by atoms with E-state index in [1.165, 1.54) is 13.4 Å². The quantitative estimate of drug-likeness (QED) is 0.589. The van der Waals surface area contributed by atoms with Crippen LogP contribution in [0.5, 0.6) is 0 Å². The fourth-order valence-electron chi connectivity index (χ4n) is 0.832. The maximum absolute atomic E-state index is 11.0. The van der Waals surface area contributed by atoms with E-state index >= 15 is 0 Å². The van der Waals surface area contributed by atoms with Crippen molar-refractivity contribution in [1.82, 2.24) is 0 Å². The van der Waals surface area contributed by atoms with Gasteiger partial charge in [-0.2, -0.15) is 0 Å². The second-order valence-electron chi connectivity index (χ2n) is 2.39. The molecule has 0 spiro atoms. The first-order chi connectivity index (χ1) is 5.77. The van der Waals surface area contributed by atoms with Crippen LogP contribution < -0.4 is 0 Å². The van der Waals surface area contributed by atoms with Crippen LogP contribution in [0.3, 0.4) is 0 Å². The SMILES string of the molecule is CCC(OC1C=CO1)C(=O)OC. The lowest BCUT2D eigenvalue weighted by molar-refractivity contribution is -0.177. The molecule has 4 nitrogen and oxygen atoms in total. The third-order valence-corrected chi connectivity index (χ3v) is 1.58. The summed E-state index contributed by atoms with van der Waals surface area (Å²) in [7, 11) is 1.34. The summed E-state index contributed by atoms with van der Waals surface area (Å²) in [5.41, 5.74) is 0. The van der Waals surface area contributed by atoms with Crippen LogP contribution in [0.1, 0.15) is 13.3 Å². The van der Waals surface area contributed by atoms with Crippen molar-refractivity contribution in [1.29, 1.82) is 0 Å². The Morgan fingerprint density at radius 1 is 1.75 bits per heavy atom. The van der Waals surface area contributed by atoms with E-state index in [0.717, 1.165) is 0 Å². The van der Waals surface area contributed by atoms with E-state index in [1.54, 1.807) is 6.08 Å². The van der Waals surface area contributed by atoms with E-state index in [0.29, 0.717) is 6.42 Å². The van der Waals surface area contributed by atoms with Crippen molar-refractivity contribution in [3.63, 3.8) is 0 Å². The molecule has 0 radical (unpaired) electrons. The Morgan fingerprint density at radius 3 is 2.75 bits per heavy atom. The lowest BCUT2D eigenvalue weighted by Gasteiger charge is -2.23. The Bertz CT molecular complexity index is 187. The highest BCUT2D eigenvalue weighted by Gasteiger charge is 2.23. The zero-order valence-corrected chi connectivity index (χ0v) is 7.15. The molecule has 12 heavy (non-hydrogen) atoms. The van der Waals surface area contributed by atoms with Gasteiger partial charge in [0.1, 0.15) is 0 Å². The summed E-state index contributed by atoms with van der Waals surface area (Å²) in [4.78, 5) is 11.0. The predicted octanol–water partition coefficient (Wildman–Crippen LogP) is 0.825. The summed E-state index contributed by atoms with van der Waals surface area (Å²) < 4.78 is 14.6. The molecular formula is C8H12O4. The average molecular weight is 172 g/mol. The summed E-state index contributed by atoms with van der Waals surface area (Å²) in [6, 6.07) is 0. The molecule has 4 heteroatoms. The van der Waals surface area contributed by atoms with Crippen molar-refractivity contribution >= 4 is 5.97 Å². The molecule has 0 aliphatic carbocycles. The Kier molecular flexibility index (Phi) is 3.10. The van der Waals surface area contributed by atoms with Gasteiger partial charge in [0.25, 0.3) is 0 Å². The molecule has 0 aromatic heterocycles. The van der Waals surface area contributed by atoms with E-state index in [-0.39, 0.29) is 12.3 Å². The molecule has 2 atom stereocenters. The normalized spacial score (nSPS) is 22.3. The topological polar surface area (TPSA) is 44.8 Å². The number of hydrogen-bond donors (Lipinski definition) is 0. The maximum Gasteiger partial charge on any atom is 0.335 e. The van der Waals surface area contributed by atoms with Gasteiger partial charge in [0.15, 0.2) is 6.10 Å². The lowest BCUT2D eigenvalue weighted by atomic mass is 10.3. The van der Waals surface area contributed by atoms with Gasteiger partial charge < -0.3 is 14.2 Å². The van der Waals surface area contributed by atoms with E-state index < -0.39 is 6.10 Å². The molecule has 0 N–H and O–H groups in total. The van der Waals surface area contributed by atoms with Crippen molar-refractivity contribution < 1.29 is 19.0 Å². The maximum atomic E-state index is 11.0. The first-order valence-corrected chi connectivity index (χ1v) is 3.83. The van der Waals surface area contributed by atoms with E-state index in [4.69, 9.17) is 9.47 Å². The molecule has 2 unspecified atom stereocenters. The van der Waals surface area contributed by atoms with Crippen LogP contribution in [0.2, 0.25) is 0 Å². The molecular weight excluding hydrogens is 160 g/mol. The minimum Gasteiger partial charge on any atom is -0.469 e. The average Bonchev–Trinajstić information content (AvgIpc) is 2.02. The number of methoxy groups -OCH3 is 1. The molecule has 0 saturated carbocycles. The highest BCUT2D eigenvalue weighted by atomic mass is 16.7. The number of esters is 1. The first-order valence-electron chi connectivity index (χ1n) is 3.83. The molecule has 0 saturated heterocycles. The summed E-state index contributed by atoms with van der Waals surface area (Å²) >= 11 is 0. The lowest BCUT2D eigenvalue weighted by Crippen LogP contribution is -2.32. The zero-order chi connectivity index (χ0) is 8.97. The minimum atomic E-state index is -0.523. The monoisotopic (exact) mass is 172 g/mol. The third-order valence-electron chi connectivity index (χ3n) is 1.58. The van der Waals surface area contributed by atoms with Gasteiger partial charge in [0, 0.05) is 6.08 Å². The second-order valence-corrected chi connectivity index (χ2v) is 2.39. The van der Waals surface area contributed by atoms with Gasteiger partial charge in [0.05, 0.1) is 13.4 Å². The van der Waals surface area contributed by atoms with Crippen molar-refractivity contribution in [2.75, 3.05) is 7.11 Å². The third kappa shape index (κ3) is 1.98. The van der Waals surface area contributed by atoms with Crippen LogP contribution in [-0.2, 0) is 19.0 Å². The van der Waals surface area contributed by atoms with Crippen LogP contribution >= 0.6 is 0 Å². The zero-order valence-electron chi connectivity index (χ0n) is 7.15. The molecule has 0 aromatic carbocycles. The second kappa shape index (κ2) is 4.11. The van der Waals surface area contributed by atoms with E-state index in [9.17, 15) is 4.79 Å². The van der Waals surface area contributed by atoms with E-state index in [1.807, 2.05) is 6.92 Å². The molecule has 0 bridgehead atoms. The van der Waals surface area contributed by atoms with Gasteiger partial charge in [-0.15, -0.1) is 0 Å². The fraction of sp³-hybridized carbons (Fsp3) is 0.625. The first kappa shape index (κ1) is 9.06.